The van der Waals surface area contributed by atoms with E-state index in [9.17, 15) is 96.7 Å². The van der Waals surface area contributed by atoms with Crippen LogP contribution in [0, 0.1) is 5.92 Å². The van der Waals surface area contributed by atoms with Gasteiger partial charge in [-0.05, 0) is 30.3 Å². The van der Waals surface area contributed by atoms with Crippen LogP contribution in [-0.4, -0.2) is 170 Å². The summed E-state index contributed by atoms with van der Waals surface area (Å²) in [4.78, 5) is 91.4. The molecular weight excluding hydrogens is 1160 g/mol. The summed E-state index contributed by atoms with van der Waals surface area (Å²) in [6.45, 7) is -1.59. The molecule has 86 heavy (non-hydrogen) atoms. The molecule has 1 aliphatic carbocycles. The highest BCUT2D eigenvalue weighted by molar-refractivity contribution is 6.22. The Balaban J connectivity index is 1.12. The van der Waals surface area contributed by atoms with E-state index in [0.29, 0.717) is 18.2 Å². The van der Waals surface area contributed by atoms with Crippen molar-refractivity contribution in [3.63, 3.8) is 0 Å². The molecule has 0 radical (unpaired) electrons. The largest absolute Gasteiger partial charge is 0.507 e. The Kier molecular flexibility index (Phi) is 11.0. The Morgan fingerprint density at radius 3 is 1.51 bits per heavy atom. The number of hydrogen-bond acceptors (Lipinski definition) is 31. The quantitative estimate of drug-likeness (QED) is 0.0637. The second kappa shape index (κ2) is 17.6. The van der Waals surface area contributed by atoms with Crippen LogP contribution >= 0.6 is 0 Å². The third kappa shape index (κ3) is 6.80. The van der Waals surface area contributed by atoms with Gasteiger partial charge in [-0.2, -0.15) is 0 Å². The molecule has 0 saturated carbocycles. The highest BCUT2D eigenvalue weighted by Gasteiger charge is 2.76. The van der Waals surface area contributed by atoms with Crippen LogP contribution in [0.3, 0.4) is 0 Å². The van der Waals surface area contributed by atoms with Crippen molar-refractivity contribution in [2.75, 3.05) is 6.61 Å². The molecule has 1 fully saturated rings. The summed E-state index contributed by atoms with van der Waals surface area (Å²) >= 11 is 0. The number of rotatable bonds is 1. The van der Waals surface area contributed by atoms with Gasteiger partial charge in [0.2, 0.25) is 34.4 Å². The molecule has 7 aliphatic heterocycles. The Morgan fingerprint density at radius 1 is 0.430 bits per heavy atom. The van der Waals surface area contributed by atoms with Gasteiger partial charge in [0, 0.05) is 62.6 Å². The molecule has 0 aromatic heterocycles. The minimum absolute atomic E-state index is 0.169. The van der Waals surface area contributed by atoms with Gasteiger partial charge >= 0.3 is 29.8 Å². The van der Waals surface area contributed by atoms with Crippen molar-refractivity contribution < 1.29 is 154 Å². The van der Waals surface area contributed by atoms with Gasteiger partial charge in [0.25, 0.3) is 0 Å². The highest BCUT2D eigenvalue weighted by Crippen LogP contribution is 2.68. The van der Waals surface area contributed by atoms with Crippen LogP contribution in [0.25, 0.3) is 27.8 Å². The molecule has 0 amide bonds. The third-order valence-electron chi connectivity index (χ3n) is 16.2. The summed E-state index contributed by atoms with van der Waals surface area (Å²) in [7, 11) is 0. The maximum Gasteiger partial charge on any atom is 0.340 e. The lowest BCUT2D eigenvalue weighted by atomic mass is 9.66. The molecule has 442 valence electrons. The monoisotopic (exact) mass is 1190 g/mol. The van der Waals surface area contributed by atoms with Gasteiger partial charge < -0.3 is 125 Å². The average molecular weight is 1190 g/mol. The Morgan fingerprint density at radius 2 is 0.930 bits per heavy atom. The van der Waals surface area contributed by atoms with E-state index in [4.69, 9.17) is 33.2 Å². The molecule has 18 N–H and O–H groups in total. The number of carbonyl (C=O) groups excluding carboxylic acids is 6. The summed E-state index contributed by atoms with van der Waals surface area (Å²) in [6.07, 6.45) is -15.1. The number of phenolic OH excluding ortho intramolecular Hbond substituents is 16. The predicted molar refractivity (Wildman–Crippen MR) is 268 cm³/mol. The molecule has 1 spiro atoms. The van der Waals surface area contributed by atoms with Gasteiger partial charge in [0.05, 0.1) is 34.3 Å². The molecule has 7 heterocycles. The molecule has 6 bridgehead atoms. The zero-order valence-corrected chi connectivity index (χ0v) is 42.4. The van der Waals surface area contributed by atoms with Crippen molar-refractivity contribution in [2.24, 2.45) is 5.92 Å². The zero-order chi connectivity index (χ0) is 61.7. The van der Waals surface area contributed by atoms with Gasteiger partial charge in [-0.1, -0.05) is 0 Å². The molecule has 2 unspecified atom stereocenters. The SMILES string of the molecule is O=C1OC[C@H]2OC(=O)c3cc(O)c(O)c(O)c3-c3c(O)c(O)c(O)c4c3C(=O)O[C@H]([C@H]3OC(=O)C5C4=C(O)C(=O)C54Oc5cc6c(c(O)c5[C@H]34)C[C@H](O)[C@@H](c3cc(O)c(O)c(O)c3)O6)[C@@H]2OC(=O)c2cc(O)c(O)c(O)c2-c2c1cc(O)c(O)c2O. The van der Waals surface area contributed by atoms with Gasteiger partial charge in [-0.25, -0.2) is 19.2 Å². The number of fused-ring (bicyclic) bond motifs is 9. The summed E-state index contributed by atoms with van der Waals surface area (Å²) in [5, 5.41) is 202. The minimum Gasteiger partial charge on any atom is -0.507 e. The maximum atomic E-state index is 15.7. The summed E-state index contributed by atoms with van der Waals surface area (Å²) in [5.41, 5.74) is -17.2. The molecular formula is C55H36O31. The van der Waals surface area contributed by atoms with Gasteiger partial charge in [0.15, 0.2) is 99.5 Å². The fourth-order valence-corrected chi connectivity index (χ4v) is 12.4. The average Bonchev–Trinajstić information content (AvgIpc) is 1.49. The van der Waals surface area contributed by atoms with Crippen LogP contribution in [-0.2, 0) is 39.7 Å². The first-order valence-corrected chi connectivity index (χ1v) is 24.9. The number of phenols is 16. The number of Topliss-reactive ketones (excluding diaryl/α,β-unsaturated/α-hetero) is 1. The van der Waals surface area contributed by atoms with Crippen LogP contribution < -0.4 is 9.47 Å². The molecule has 1 saturated heterocycles. The normalized spacial score (nSPS) is 24.9. The number of aliphatic hydroxyl groups excluding tert-OH is 2. The van der Waals surface area contributed by atoms with Crippen LogP contribution in [0.2, 0.25) is 0 Å². The Hall–Kier alpha value is -11.8. The number of ketones is 1. The van der Waals surface area contributed by atoms with E-state index in [0.717, 1.165) is 18.2 Å². The van der Waals surface area contributed by atoms with Crippen molar-refractivity contribution in [1.82, 2.24) is 0 Å². The van der Waals surface area contributed by atoms with Gasteiger partial charge in [-0.3, -0.25) is 9.59 Å². The number of carbonyl (C=O) groups is 6. The highest BCUT2D eigenvalue weighted by atomic mass is 16.6. The summed E-state index contributed by atoms with van der Waals surface area (Å²) in [5.74, 6) is -41.0. The Bertz CT molecular complexity index is 4270. The fourth-order valence-electron chi connectivity index (χ4n) is 12.4. The predicted octanol–water partition coefficient (Wildman–Crippen LogP) is 2.13. The second-order valence-corrected chi connectivity index (χ2v) is 20.6. The minimum atomic E-state index is -3.18. The number of cyclic esters (lactones) is 1. The van der Waals surface area contributed by atoms with E-state index in [1.165, 1.54) is 0 Å². The molecule has 14 rings (SSSR count). The molecule has 9 atom stereocenters. The van der Waals surface area contributed by atoms with Crippen molar-refractivity contribution in [3.05, 3.63) is 86.7 Å². The number of hydrogen-bond donors (Lipinski definition) is 18. The summed E-state index contributed by atoms with van der Waals surface area (Å²) < 4.78 is 42.1. The molecule has 8 aliphatic rings. The molecule has 6 aromatic rings. The topological polar surface area (TPSA) is 531 Å². The first-order chi connectivity index (χ1) is 40.6. The maximum absolute atomic E-state index is 15.7. The van der Waals surface area contributed by atoms with Crippen molar-refractivity contribution >= 4 is 41.2 Å². The van der Waals surface area contributed by atoms with Crippen LogP contribution in [0.5, 0.6) is 103 Å². The van der Waals surface area contributed by atoms with Gasteiger partial charge in [-0.15, -0.1) is 0 Å². The van der Waals surface area contributed by atoms with E-state index in [-0.39, 0.29) is 11.1 Å². The molecule has 6 aromatic carbocycles. The van der Waals surface area contributed by atoms with E-state index >= 15 is 24.0 Å². The van der Waals surface area contributed by atoms with Crippen molar-refractivity contribution in [2.45, 2.75) is 54.6 Å². The van der Waals surface area contributed by atoms with E-state index in [2.05, 4.69) is 0 Å². The fraction of sp³-hybridized carbons (Fsp3) is 0.200. The number of ether oxygens (including phenoxy) is 7. The van der Waals surface area contributed by atoms with Crippen LogP contribution in [0.15, 0.2) is 42.2 Å². The lowest BCUT2D eigenvalue weighted by Gasteiger charge is -2.47. The van der Waals surface area contributed by atoms with E-state index in [1.807, 2.05) is 0 Å². The standard InChI is InChI=1S/C55H36O31/c56-14-1-9(2-15(57)34(14)63)45-19(61)3-10-20(81-45)7-21-26(33(10)62)31-47-48-46-22(8-80-50(75)11-4-16(58)35(64)38(67)23(11)24-12(52(77)83-46)5-17(59)36(65)39(24)68)82-51(76)13-6-18(60)37(66)40(69)25(13)27-29(53(78)85-48)28(42(71)44(73)41(27)70)30-32(54(79)84-47)55(31,86-21)49(74)43(30)72/h1-2,4-7,19,22,31-32,45-48,56-73H,3,8H2/t19-,22+,31+,32?,45+,46+,47-,48-,55?/m0/s1. The number of benzene rings is 6. The lowest BCUT2D eigenvalue weighted by Crippen LogP contribution is -2.65. The van der Waals surface area contributed by atoms with Gasteiger partial charge in [0.1, 0.15) is 29.8 Å². The molecule has 31 heteroatoms. The van der Waals surface area contributed by atoms with Crippen LogP contribution in [0.1, 0.15) is 75.7 Å². The third-order valence-corrected chi connectivity index (χ3v) is 16.2. The van der Waals surface area contributed by atoms with E-state index in [1.54, 1.807) is 0 Å². The van der Waals surface area contributed by atoms with E-state index < -0.39 is 273 Å². The first-order valence-electron chi connectivity index (χ1n) is 24.9. The smallest absolute Gasteiger partial charge is 0.340 e. The lowest BCUT2D eigenvalue weighted by molar-refractivity contribution is -0.200. The Labute approximate surface area is 473 Å². The number of aromatic hydroxyl groups is 16. The summed E-state index contributed by atoms with van der Waals surface area (Å²) in [6, 6.07) is 3.83. The zero-order valence-electron chi connectivity index (χ0n) is 42.4. The second-order valence-electron chi connectivity index (χ2n) is 20.6. The number of aliphatic hydroxyl groups is 2. The van der Waals surface area contributed by atoms with Crippen molar-refractivity contribution in [3.8, 4) is 126 Å². The first kappa shape index (κ1) is 53.5. The number of esters is 5. The van der Waals surface area contributed by atoms with Crippen molar-refractivity contribution in [1.29, 1.82) is 0 Å². The van der Waals surface area contributed by atoms with Crippen LogP contribution in [0.4, 0.5) is 0 Å². The molecule has 31 nitrogen and oxygen atoms in total.